The Hall–Kier alpha value is -1.84. The Bertz CT molecular complexity index is 603. The number of aryl methyl sites for hydroxylation is 1. The summed E-state index contributed by atoms with van der Waals surface area (Å²) in [6, 6.07) is 5.97. The molecule has 2 fully saturated rings. The first-order chi connectivity index (χ1) is 10.2. The number of nitrogens with one attached hydrogen (secondary N) is 1. The molecule has 4 rings (SSSR count). The zero-order chi connectivity index (χ0) is 14.4. The molecule has 1 heterocycles. The van der Waals surface area contributed by atoms with E-state index in [-0.39, 0.29) is 23.7 Å². The highest BCUT2D eigenvalue weighted by Gasteiger charge is 2.35. The normalized spacial score (nSPS) is 20.9. The molecule has 0 radical (unpaired) electrons. The van der Waals surface area contributed by atoms with E-state index in [1.165, 1.54) is 5.56 Å². The van der Waals surface area contributed by atoms with Gasteiger partial charge in [0, 0.05) is 29.8 Å². The molecule has 0 bridgehead atoms. The summed E-state index contributed by atoms with van der Waals surface area (Å²) in [4.78, 5) is 26.1. The highest BCUT2D eigenvalue weighted by Crippen LogP contribution is 2.37. The zero-order valence-corrected chi connectivity index (χ0v) is 12.1. The van der Waals surface area contributed by atoms with Gasteiger partial charge in [-0.15, -0.1) is 0 Å². The number of hydrogen-bond donors (Lipinski definition) is 1. The lowest BCUT2D eigenvalue weighted by molar-refractivity contribution is -0.120. The van der Waals surface area contributed by atoms with Gasteiger partial charge in [0.25, 0.3) is 0 Å². The molecule has 2 aliphatic carbocycles. The Labute approximate surface area is 124 Å². The second-order valence-electron chi connectivity index (χ2n) is 6.47. The van der Waals surface area contributed by atoms with Crippen LogP contribution in [0.4, 0.5) is 11.4 Å². The summed E-state index contributed by atoms with van der Waals surface area (Å²) >= 11 is 0. The van der Waals surface area contributed by atoms with Crippen LogP contribution in [0.2, 0.25) is 0 Å². The van der Waals surface area contributed by atoms with E-state index in [0.717, 1.165) is 56.4 Å². The molecule has 1 aromatic carbocycles. The number of amides is 2. The van der Waals surface area contributed by atoms with E-state index in [4.69, 9.17) is 0 Å². The van der Waals surface area contributed by atoms with Crippen LogP contribution in [0, 0.1) is 11.8 Å². The summed E-state index contributed by atoms with van der Waals surface area (Å²) in [7, 11) is 0. The van der Waals surface area contributed by atoms with Crippen molar-refractivity contribution >= 4 is 23.2 Å². The monoisotopic (exact) mass is 284 g/mol. The second kappa shape index (κ2) is 4.86. The van der Waals surface area contributed by atoms with Gasteiger partial charge in [-0.2, -0.15) is 0 Å². The molecule has 110 valence electrons. The molecule has 2 amide bonds. The standard InChI is InChI=1S/C17H20N2O2/c20-16(11-3-4-11)18-14-7-8-15-13(10-14)2-1-9-19(15)17(21)12-5-6-12/h7-8,10-12H,1-6,9H2,(H,18,20). The van der Waals surface area contributed by atoms with Gasteiger partial charge < -0.3 is 10.2 Å². The summed E-state index contributed by atoms with van der Waals surface area (Å²) in [5.74, 6) is 0.890. The molecule has 4 nitrogen and oxygen atoms in total. The Morgan fingerprint density at radius 2 is 1.86 bits per heavy atom. The molecule has 0 spiro atoms. The number of anilines is 2. The molecule has 3 aliphatic rings. The SMILES string of the molecule is O=C(Nc1ccc2c(c1)CCCN2C(=O)C1CC1)C1CC1. The highest BCUT2D eigenvalue weighted by molar-refractivity contribution is 5.98. The Morgan fingerprint density at radius 3 is 2.57 bits per heavy atom. The van der Waals surface area contributed by atoms with Crippen molar-refractivity contribution in [2.75, 3.05) is 16.8 Å². The third-order valence-electron chi connectivity index (χ3n) is 4.61. The lowest BCUT2D eigenvalue weighted by Gasteiger charge is -2.30. The van der Waals surface area contributed by atoms with Crippen LogP contribution in [0.3, 0.4) is 0 Å². The first-order valence-electron chi connectivity index (χ1n) is 7.97. The Kier molecular flexibility index (Phi) is 2.98. The topological polar surface area (TPSA) is 49.4 Å². The van der Waals surface area contributed by atoms with E-state index < -0.39 is 0 Å². The van der Waals surface area contributed by atoms with Crippen molar-refractivity contribution in [3.63, 3.8) is 0 Å². The molecule has 1 N–H and O–H groups in total. The van der Waals surface area contributed by atoms with Crippen molar-refractivity contribution in [1.82, 2.24) is 0 Å². The van der Waals surface area contributed by atoms with Crippen molar-refractivity contribution in [3.8, 4) is 0 Å². The van der Waals surface area contributed by atoms with Crippen LogP contribution < -0.4 is 10.2 Å². The highest BCUT2D eigenvalue weighted by atomic mass is 16.2. The van der Waals surface area contributed by atoms with E-state index in [1.807, 2.05) is 23.1 Å². The van der Waals surface area contributed by atoms with Crippen LogP contribution in [-0.2, 0) is 16.0 Å². The molecule has 0 unspecified atom stereocenters. The maximum Gasteiger partial charge on any atom is 0.230 e. The molecular formula is C17H20N2O2. The van der Waals surface area contributed by atoms with E-state index in [2.05, 4.69) is 5.32 Å². The number of carbonyl (C=O) groups excluding carboxylic acids is 2. The van der Waals surface area contributed by atoms with Crippen LogP contribution in [0.5, 0.6) is 0 Å². The molecule has 1 aromatic rings. The van der Waals surface area contributed by atoms with Gasteiger partial charge in [0.15, 0.2) is 0 Å². The predicted molar refractivity (Wildman–Crippen MR) is 81.2 cm³/mol. The van der Waals surface area contributed by atoms with Crippen LogP contribution in [-0.4, -0.2) is 18.4 Å². The fourth-order valence-electron chi connectivity index (χ4n) is 3.04. The third-order valence-corrected chi connectivity index (χ3v) is 4.61. The molecule has 0 saturated heterocycles. The number of benzene rings is 1. The van der Waals surface area contributed by atoms with Crippen molar-refractivity contribution in [2.45, 2.75) is 38.5 Å². The average Bonchev–Trinajstić information content (AvgIpc) is 3.38. The number of carbonyl (C=O) groups is 2. The number of nitrogens with zero attached hydrogens (tertiary/aromatic N) is 1. The first-order valence-corrected chi connectivity index (χ1v) is 7.97. The van der Waals surface area contributed by atoms with Gasteiger partial charge in [-0.25, -0.2) is 0 Å². The maximum absolute atomic E-state index is 12.3. The minimum absolute atomic E-state index is 0.136. The quantitative estimate of drug-likeness (QED) is 0.927. The molecule has 1 aliphatic heterocycles. The van der Waals surface area contributed by atoms with Gasteiger partial charge in [0.1, 0.15) is 0 Å². The van der Waals surface area contributed by atoms with Gasteiger partial charge in [-0.3, -0.25) is 9.59 Å². The van der Waals surface area contributed by atoms with Crippen LogP contribution in [0.25, 0.3) is 0 Å². The summed E-state index contributed by atoms with van der Waals surface area (Å²) in [5.41, 5.74) is 3.10. The van der Waals surface area contributed by atoms with Gasteiger partial charge in [0.05, 0.1) is 0 Å². The number of rotatable bonds is 3. The van der Waals surface area contributed by atoms with Crippen molar-refractivity contribution in [1.29, 1.82) is 0 Å². The second-order valence-corrected chi connectivity index (χ2v) is 6.47. The van der Waals surface area contributed by atoms with Crippen molar-refractivity contribution in [2.24, 2.45) is 11.8 Å². The molecule has 0 atom stereocenters. The summed E-state index contributed by atoms with van der Waals surface area (Å²) in [5, 5.41) is 2.99. The minimum Gasteiger partial charge on any atom is -0.326 e. The Balaban J connectivity index is 1.56. The lowest BCUT2D eigenvalue weighted by Crippen LogP contribution is -2.36. The molecule has 2 saturated carbocycles. The maximum atomic E-state index is 12.3. The van der Waals surface area contributed by atoms with Gasteiger partial charge in [-0.1, -0.05) is 0 Å². The van der Waals surface area contributed by atoms with Crippen molar-refractivity contribution in [3.05, 3.63) is 23.8 Å². The molecular weight excluding hydrogens is 264 g/mol. The van der Waals surface area contributed by atoms with E-state index in [9.17, 15) is 9.59 Å². The lowest BCUT2D eigenvalue weighted by atomic mass is 10.0. The predicted octanol–water partition coefficient (Wildman–Crippen LogP) is 2.72. The van der Waals surface area contributed by atoms with Crippen molar-refractivity contribution < 1.29 is 9.59 Å². The smallest absolute Gasteiger partial charge is 0.230 e. The zero-order valence-electron chi connectivity index (χ0n) is 12.1. The van der Waals surface area contributed by atoms with Crippen LogP contribution in [0.15, 0.2) is 18.2 Å². The van der Waals surface area contributed by atoms with Gasteiger partial charge in [0.2, 0.25) is 11.8 Å². The average molecular weight is 284 g/mol. The number of hydrogen-bond acceptors (Lipinski definition) is 2. The fourth-order valence-corrected chi connectivity index (χ4v) is 3.04. The fraction of sp³-hybridized carbons (Fsp3) is 0.529. The van der Waals surface area contributed by atoms with Gasteiger partial charge in [-0.05, 0) is 62.3 Å². The Morgan fingerprint density at radius 1 is 1.10 bits per heavy atom. The first kappa shape index (κ1) is 12.9. The largest absolute Gasteiger partial charge is 0.326 e. The minimum atomic E-state index is 0.136. The third kappa shape index (κ3) is 2.55. The molecule has 0 aromatic heterocycles. The summed E-state index contributed by atoms with van der Waals surface area (Å²) in [6.07, 6.45) is 6.10. The van der Waals surface area contributed by atoms with E-state index >= 15 is 0 Å². The van der Waals surface area contributed by atoms with E-state index in [0.29, 0.717) is 0 Å². The van der Waals surface area contributed by atoms with Gasteiger partial charge >= 0.3 is 0 Å². The van der Waals surface area contributed by atoms with Crippen LogP contribution >= 0.6 is 0 Å². The van der Waals surface area contributed by atoms with Crippen LogP contribution in [0.1, 0.15) is 37.7 Å². The molecule has 4 heteroatoms. The van der Waals surface area contributed by atoms with E-state index in [1.54, 1.807) is 0 Å². The summed E-state index contributed by atoms with van der Waals surface area (Å²) < 4.78 is 0. The number of fused-ring (bicyclic) bond motifs is 1. The molecule has 21 heavy (non-hydrogen) atoms. The summed E-state index contributed by atoms with van der Waals surface area (Å²) in [6.45, 7) is 0.829.